The molecule has 1 fully saturated rings. The zero-order valence-corrected chi connectivity index (χ0v) is 10.9. The summed E-state index contributed by atoms with van der Waals surface area (Å²) in [7, 11) is 0. The van der Waals surface area contributed by atoms with Gasteiger partial charge in [0.1, 0.15) is 5.75 Å². The Morgan fingerprint density at radius 2 is 1.95 bits per heavy atom. The molecule has 2 nitrogen and oxygen atoms in total. The van der Waals surface area contributed by atoms with Gasteiger partial charge in [0.25, 0.3) is 0 Å². The number of hydrogen-bond acceptors (Lipinski definition) is 2. The third kappa shape index (κ3) is 2.67. The molecule has 0 aromatic heterocycles. The highest BCUT2D eigenvalue weighted by Gasteiger charge is 2.31. The van der Waals surface area contributed by atoms with Crippen LogP contribution in [0.5, 0.6) is 5.75 Å². The van der Waals surface area contributed by atoms with Crippen molar-refractivity contribution in [1.29, 1.82) is 0 Å². The molecule has 4 heteroatoms. The third-order valence-corrected chi connectivity index (χ3v) is 4.38. The van der Waals surface area contributed by atoms with Gasteiger partial charge in [-0.2, -0.15) is 8.78 Å². The van der Waals surface area contributed by atoms with E-state index in [1.165, 1.54) is 32.1 Å². The van der Waals surface area contributed by atoms with E-state index in [0.29, 0.717) is 11.8 Å². The number of rotatable bonds is 3. The average Bonchev–Trinajstić information content (AvgIpc) is 2.82. The summed E-state index contributed by atoms with van der Waals surface area (Å²) in [5.41, 5.74) is 2.24. The van der Waals surface area contributed by atoms with Crippen LogP contribution in [-0.2, 0) is 0 Å². The highest BCUT2D eigenvalue weighted by atomic mass is 19.3. The first kappa shape index (κ1) is 12.7. The monoisotopic (exact) mass is 267 g/mol. The lowest BCUT2D eigenvalue weighted by Crippen LogP contribution is -2.17. The van der Waals surface area contributed by atoms with Crippen molar-refractivity contribution < 1.29 is 13.5 Å². The molecule has 0 spiro atoms. The number of halogens is 2. The number of ether oxygens (including phenoxy) is 1. The van der Waals surface area contributed by atoms with Gasteiger partial charge in [0.05, 0.1) is 0 Å². The minimum atomic E-state index is -2.75. The van der Waals surface area contributed by atoms with Crippen LogP contribution in [0.4, 0.5) is 14.5 Å². The molecule has 1 N–H and O–H groups in total. The molecule has 104 valence electrons. The van der Waals surface area contributed by atoms with Gasteiger partial charge in [-0.25, -0.2) is 0 Å². The molecule has 1 aliphatic heterocycles. The molecular weight excluding hydrogens is 248 g/mol. The first-order valence-corrected chi connectivity index (χ1v) is 7.06. The van der Waals surface area contributed by atoms with Crippen molar-refractivity contribution >= 4 is 5.69 Å². The molecule has 0 saturated heterocycles. The van der Waals surface area contributed by atoms with Crippen LogP contribution < -0.4 is 10.1 Å². The Bertz CT molecular complexity index is 444. The highest BCUT2D eigenvalue weighted by Crippen LogP contribution is 2.43. The van der Waals surface area contributed by atoms with Crippen molar-refractivity contribution in [2.45, 2.75) is 44.6 Å². The summed E-state index contributed by atoms with van der Waals surface area (Å²) < 4.78 is 29.1. The molecule has 0 amide bonds. The molecule has 1 heterocycles. The fraction of sp³-hybridized carbons (Fsp3) is 0.600. The summed E-state index contributed by atoms with van der Waals surface area (Å²) in [6.07, 6.45) is 6.43. The van der Waals surface area contributed by atoms with E-state index >= 15 is 0 Å². The van der Waals surface area contributed by atoms with Crippen molar-refractivity contribution in [3.8, 4) is 5.75 Å². The maximum atomic E-state index is 12.3. The molecule has 0 radical (unpaired) electrons. The number of anilines is 1. The lowest BCUT2D eigenvalue weighted by molar-refractivity contribution is -0.0498. The minimum absolute atomic E-state index is 0.276. The summed E-state index contributed by atoms with van der Waals surface area (Å²) in [4.78, 5) is 0. The van der Waals surface area contributed by atoms with E-state index in [1.807, 2.05) is 6.07 Å². The second-order valence-electron chi connectivity index (χ2n) is 5.51. The Kier molecular flexibility index (Phi) is 3.58. The largest absolute Gasteiger partial charge is 0.435 e. The number of fused-ring (bicyclic) bond motifs is 1. The van der Waals surface area contributed by atoms with E-state index < -0.39 is 6.61 Å². The van der Waals surface area contributed by atoms with Gasteiger partial charge in [-0.15, -0.1) is 0 Å². The predicted molar refractivity (Wildman–Crippen MR) is 70.9 cm³/mol. The normalized spacial score (nSPS) is 23.2. The van der Waals surface area contributed by atoms with Gasteiger partial charge in [-0.3, -0.25) is 0 Å². The van der Waals surface area contributed by atoms with E-state index in [4.69, 9.17) is 0 Å². The zero-order valence-electron chi connectivity index (χ0n) is 10.9. The Labute approximate surface area is 112 Å². The Morgan fingerprint density at radius 1 is 1.16 bits per heavy atom. The van der Waals surface area contributed by atoms with Gasteiger partial charge in [0.15, 0.2) is 0 Å². The maximum absolute atomic E-state index is 12.3. The summed E-state index contributed by atoms with van der Waals surface area (Å²) in [5.74, 6) is 1.42. The third-order valence-electron chi connectivity index (χ3n) is 4.38. The lowest BCUT2D eigenvalue weighted by atomic mass is 9.78. The van der Waals surface area contributed by atoms with Crippen LogP contribution >= 0.6 is 0 Å². The smallest absolute Gasteiger partial charge is 0.387 e. The number of hydrogen-bond donors (Lipinski definition) is 1. The summed E-state index contributed by atoms with van der Waals surface area (Å²) in [5, 5.41) is 3.38. The molecule has 1 atom stereocenters. The molecule has 1 saturated carbocycles. The number of nitrogens with one attached hydrogen (secondary N) is 1. The van der Waals surface area contributed by atoms with Crippen LogP contribution in [0, 0.1) is 5.92 Å². The molecule has 1 unspecified atom stereocenters. The van der Waals surface area contributed by atoms with E-state index in [0.717, 1.165) is 17.8 Å². The van der Waals surface area contributed by atoms with Gasteiger partial charge in [-0.05, 0) is 42.5 Å². The Balaban J connectivity index is 1.81. The van der Waals surface area contributed by atoms with Crippen molar-refractivity contribution in [1.82, 2.24) is 0 Å². The molecule has 1 aromatic rings. The van der Waals surface area contributed by atoms with E-state index in [1.54, 1.807) is 12.1 Å². The van der Waals surface area contributed by atoms with Crippen molar-refractivity contribution in [2.75, 3.05) is 11.9 Å². The van der Waals surface area contributed by atoms with Crippen LogP contribution in [0.1, 0.15) is 43.6 Å². The minimum Gasteiger partial charge on any atom is -0.435 e. The molecule has 3 rings (SSSR count). The van der Waals surface area contributed by atoms with Gasteiger partial charge >= 0.3 is 6.61 Å². The maximum Gasteiger partial charge on any atom is 0.387 e. The van der Waals surface area contributed by atoms with Gasteiger partial charge in [0, 0.05) is 18.2 Å². The first-order valence-electron chi connectivity index (χ1n) is 7.06. The quantitative estimate of drug-likeness (QED) is 0.877. The Hall–Kier alpha value is -1.32. The molecule has 1 aromatic carbocycles. The van der Waals surface area contributed by atoms with Gasteiger partial charge in [0.2, 0.25) is 0 Å². The van der Waals surface area contributed by atoms with Crippen LogP contribution in [0.2, 0.25) is 0 Å². The lowest BCUT2D eigenvalue weighted by Gasteiger charge is -2.27. The molecule has 19 heavy (non-hydrogen) atoms. The predicted octanol–water partition coefficient (Wildman–Crippen LogP) is 4.38. The zero-order chi connectivity index (χ0) is 13.2. The van der Waals surface area contributed by atoms with E-state index in [2.05, 4.69) is 10.1 Å². The van der Waals surface area contributed by atoms with E-state index in [9.17, 15) is 8.78 Å². The SMILES string of the molecule is FC(F)Oc1ccc2c(c1)C(C1CCCCC1)CN2. The van der Waals surface area contributed by atoms with Crippen molar-refractivity contribution in [3.05, 3.63) is 23.8 Å². The van der Waals surface area contributed by atoms with Gasteiger partial charge in [-0.1, -0.05) is 19.3 Å². The van der Waals surface area contributed by atoms with Gasteiger partial charge < -0.3 is 10.1 Å². The van der Waals surface area contributed by atoms with Crippen molar-refractivity contribution in [2.24, 2.45) is 5.92 Å². The summed E-state index contributed by atoms with van der Waals surface area (Å²) >= 11 is 0. The van der Waals surface area contributed by atoms with E-state index in [-0.39, 0.29) is 5.75 Å². The average molecular weight is 267 g/mol. The van der Waals surface area contributed by atoms with Crippen LogP contribution in [0.15, 0.2) is 18.2 Å². The fourth-order valence-corrected chi connectivity index (χ4v) is 3.47. The van der Waals surface area contributed by atoms with Crippen LogP contribution in [0.25, 0.3) is 0 Å². The van der Waals surface area contributed by atoms with Crippen molar-refractivity contribution in [3.63, 3.8) is 0 Å². The number of benzene rings is 1. The summed E-state index contributed by atoms with van der Waals surface area (Å²) in [6.45, 7) is -1.82. The van der Waals surface area contributed by atoms with Crippen LogP contribution in [0.3, 0.4) is 0 Å². The van der Waals surface area contributed by atoms with Crippen LogP contribution in [-0.4, -0.2) is 13.2 Å². The summed E-state index contributed by atoms with van der Waals surface area (Å²) in [6, 6.07) is 5.26. The standard InChI is InChI=1S/C15H19F2NO/c16-15(17)19-11-6-7-14-12(8-11)13(9-18-14)10-4-2-1-3-5-10/h6-8,10,13,15,18H,1-5,9H2. The molecule has 2 aliphatic rings. The first-order chi connectivity index (χ1) is 9.24. The fourth-order valence-electron chi connectivity index (χ4n) is 3.47. The highest BCUT2D eigenvalue weighted by molar-refractivity contribution is 5.60. The second-order valence-corrected chi connectivity index (χ2v) is 5.51. The number of alkyl halides is 2. The molecule has 1 aliphatic carbocycles. The second kappa shape index (κ2) is 5.35. The Morgan fingerprint density at radius 3 is 2.68 bits per heavy atom. The molecular formula is C15H19F2NO. The topological polar surface area (TPSA) is 21.3 Å². The molecule has 0 bridgehead atoms.